The Balaban J connectivity index is 0.000000201. The zero-order valence-corrected chi connectivity index (χ0v) is 46.3. The standard InChI is InChI=1S/C29H28ClF2N3O4S.C27H26ClF2N3O3S.C2H6/c1-17(36)33-13-12-21(19-8-10-20(11-9-19)40(37,38)16-18-6-7-18)28-34-25-14-23(24(30)15-26(25)35-28)22-4-2-3-5-27(22)39-29(31)32;28-22-14-24-23(13-21(22)20-3-1-2-4-25(20)36-27(29)30)32-26(33-24)19(11-12-31)17-7-9-18(10-8-17)37(34,35)15-16-5-6-16;1-2/h2-5,8-11,14-15,18,21,29H,6-7,12-13,16H2,1H3,(H,33,36)(H,34,35);1-4,7-10,13-14,16,19,27H,5-6,11-12,15,31H2,(H,32,33);1-2H3/i;;1D. The highest BCUT2D eigenvalue weighted by atomic mass is 35.5. The predicted molar refractivity (Wildman–Crippen MR) is 301 cm³/mol. The number of carbonyl (C=O) groups is 1. The molecule has 1 amide bonds. The Labute approximate surface area is 467 Å². The van der Waals surface area contributed by atoms with E-state index in [-0.39, 0.29) is 57.5 Å². The fraction of sp³-hybridized carbons (Fsp3) is 0.328. The van der Waals surface area contributed by atoms with Crippen LogP contribution in [-0.4, -0.2) is 80.5 Å². The highest BCUT2D eigenvalue weighted by Gasteiger charge is 2.31. The predicted octanol–water partition coefficient (Wildman–Crippen LogP) is 13.5. The van der Waals surface area contributed by atoms with Crippen molar-refractivity contribution in [2.45, 2.75) is 94.1 Å². The van der Waals surface area contributed by atoms with E-state index in [1.165, 1.54) is 19.1 Å². The zero-order chi connectivity index (χ0) is 57.3. The summed E-state index contributed by atoms with van der Waals surface area (Å²) in [5.41, 5.74) is 12.0. The van der Waals surface area contributed by atoms with Crippen LogP contribution < -0.4 is 20.5 Å². The van der Waals surface area contributed by atoms with Gasteiger partial charge in [-0.1, -0.05) is 97.7 Å². The van der Waals surface area contributed by atoms with Gasteiger partial charge in [0.2, 0.25) is 5.91 Å². The molecule has 8 aromatic rings. The largest absolute Gasteiger partial charge is 0.434 e. The molecule has 0 saturated heterocycles. The number of alkyl halides is 4. The highest BCUT2D eigenvalue weighted by Crippen LogP contribution is 2.41. The number of H-pyrrole nitrogens is 2. The van der Waals surface area contributed by atoms with Crippen LogP contribution in [0, 0.1) is 11.8 Å². The average molecular weight is 1170 g/mol. The van der Waals surface area contributed by atoms with Crippen LogP contribution in [0.3, 0.4) is 0 Å². The first-order valence-electron chi connectivity index (χ1n) is 26.3. The number of ether oxygens (including phenoxy) is 2. The maximum atomic E-state index is 13.0. The number of para-hydroxylation sites is 2. The molecular weight excluding hydrogens is 1100 g/mol. The van der Waals surface area contributed by atoms with Crippen molar-refractivity contribution >= 4 is 70.9 Å². The number of nitrogens with two attached hydrogens (primary N) is 1. The Hall–Kier alpha value is -6.51. The number of hydrogen-bond acceptors (Lipinski definition) is 10. The van der Waals surface area contributed by atoms with Gasteiger partial charge in [0.05, 0.1) is 53.4 Å². The average Bonchev–Trinajstić information content (AvgIpc) is 4.36. The molecule has 13 nitrogen and oxygen atoms in total. The van der Waals surface area contributed by atoms with E-state index >= 15 is 0 Å². The van der Waals surface area contributed by atoms with E-state index in [9.17, 15) is 39.2 Å². The van der Waals surface area contributed by atoms with Crippen LogP contribution in [0.25, 0.3) is 44.3 Å². The Morgan fingerprint density at radius 3 is 1.42 bits per heavy atom. The van der Waals surface area contributed by atoms with Crippen molar-refractivity contribution < 1.29 is 50.0 Å². The second-order valence-corrected chi connectivity index (χ2v) is 24.1. The first-order chi connectivity index (χ1) is 38.3. The number of rotatable bonds is 21. The SMILES string of the molecule is CC(=O)NCCC(c1ccc(S(=O)(=O)CC2CC2)cc1)c1nc2cc(-c3ccccc3OC(F)F)c(Cl)cc2[nH]1.NCCC(c1ccc(S(=O)(=O)CC2CC2)cc1)c1nc2cc(-c3ccccc3OC(F)F)c(Cl)cc2[nH]1.[2H]CC. The van der Waals surface area contributed by atoms with Crippen LogP contribution in [0.15, 0.2) is 131 Å². The fourth-order valence-corrected chi connectivity index (χ4v) is 13.2. The lowest BCUT2D eigenvalue weighted by Gasteiger charge is -2.16. The minimum Gasteiger partial charge on any atom is -0.434 e. The Morgan fingerprint density at radius 1 is 0.658 bits per heavy atom. The summed E-state index contributed by atoms with van der Waals surface area (Å²) in [7, 11) is -6.66. The number of hydrogen-bond donors (Lipinski definition) is 4. The minimum absolute atomic E-state index is 0.000537. The normalized spacial score (nSPS) is 14.5. The Kier molecular flexibility index (Phi) is 18.6. The summed E-state index contributed by atoms with van der Waals surface area (Å²) in [6.07, 6.45) is 4.92. The molecule has 2 heterocycles. The van der Waals surface area contributed by atoms with Crippen LogP contribution in [0.4, 0.5) is 17.6 Å². The van der Waals surface area contributed by atoms with Crippen molar-refractivity contribution in [3.8, 4) is 33.8 Å². The summed E-state index contributed by atoms with van der Waals surface area (Å²) in [5, 5.41) is 3.48. The second-order valence-electron chi connectivity index (χ2n) is 19.2. The highest BCUT2D eigenvalue weighted by molar-refractivity contribution is 7.91. The van der Waals surface area contributed by atoms with Gasteiger partial charge in [-0.15, -0.1) is 0 Å². The number of fused-ring (bicyclic) bond motifs is 2. The van der Waals surface area contributed by atoms with Crippen LogP contribution in [0.2, 0.25) is 10.0 Å². The van der Waals surface area contributed by atoms with Gasteiger partial charge in [-0.05, 0) is 129 Å². The monoisotopic (exact) mass is 1160 g/mol. The van der Waals surface area contributed by atoms with Crippen LogP contribution in [0.1, 0.15) is 95.3 Å². The molecule has 0 spiro atoms. The van der Waals surface area contributed by atoms with Gasteiger partial charge in [-0.25, -0.2) is 26.8 Å². The number of nitrogens with one attached hydrogen (secondary N) is 3. The number of halogens is 6. The van der Waals surface area contributed by atoms with Crippen molar-refractivity contribution in [1.29, 1.82) is 0 Å². The fourth-order valence-electron chi connectivity index (χ4n) is 9.30. The van der Waals surface area contributed by atoms with Crippen molar-refractivity contribution in [2.75, 3.05) is 24.6 Å². The molecule has 2 aromatic heterocycles. The third-order valence-electron chi connectivity index (χ3n) is 13.5. The maximum Gasteiger partial charge on any atom is 0.387 e. The van der Waals surface area contributed by atoms with E-state index in [0.717, 1.165) is 36.8 Å². The van der Waals surface area contributed by atoms with Crippen molar-refractivity contribution in [3.63, 3.8) is 0 Å². The lowest BCUT2D eigenvalue weighted by atomic mass is 9.95. The van der Waals surface area contributed by atoms with Crippen molar-refractivity contribution in [2.24, 2.45) is 17.6 Å². The molecule has 2 atom stereocenters. The molecular formula is C58H60Cl2F4N6O7S2. The second kappa shape index (κ2) is 25.7. The molecule has 21 heteroatoms. The van der Waals surface area contributed by atoms with Crippen LogP contribution in [-0.2, 0) is 24.5 Å². The molecule has 2 saturated carbocycles. The number of carbonyl (C=O) groups excluding carboxylic acids is 1. The molecule has 10 rings (SSSR count). The van der Waals surface area contributed by atoms with Gasteiger partial charge >= 0.3 is 13.2 Å². The molecule has 0 bridgehead atoms. The van der Waals surface area contributed by atoms with E-state index in [2.05, 4.69) is 20.0 Å². The summed E-state index contributed by atoms with van der Waals surface area (Å²) in [4.78, 5) is 28.3. The van der Waals surface area contributed by atoms with Crippen LogP contribution >= 0.6 is 23.2 Å². The molecule has 418 valence electrons. The summed E-state index contributed by atoms with van der Waals surface area (Å²) < 4.78 is 118. The van der Waals surface area contributed by atoms with Gasteiger partial charge in [-0.3, -0.25) is 4.79 Å². The number of nitrogens with zero attached hydrogens (tertiary/aromatic N) is 2. The van der Waals surface area contributed by atoms with Gasteiger partial charge in [0.25, 0.3) is 0 Å². The number of aromatic amines is 2. The molecule has 6 aromatic carbocycles. The first-order valence-corrected chi connectivity index (χ1v) is 29.7. The number of sulfone groups is 2. The van der Waals surface area contributed by atoms with E-state index in [0.29, 0.717) is 104 Å². The lowest BCUT2D eigenvalue weighted by Crippen LogP contribution is -2.23. The summed E-state index contributed by atoms with van der Waals surface area (Å²) in [5.74, 6) is 1.49. The Bertz CT molecular complexity index is 3660. The summed E-state index contributed by atoms with van der Waals surface area (Å²) in [6.45, 7) is -1.45. The van der Waals surface area contributed by atoms with Crippen molar-refractivity contribution in [1.82, 2.24) is 25.3 Å². The van der Waals surface area contributed by atoms with Crippen LogP contribution in [0.5, 0.6) is 11.5 Å². The maximum absolute atomic E-state index is 13.0. The number of aromatic nitrogens is 4. The van der Waals surface area contributed by atoms with Gasteiger partial charge in [0.15, 0.2) is 19.7 Å². The van der Waals surface area contributed by atoms with Gasteiger partial charge in [0, 0.05) is 48.9 Å². The third-order valence-corrected chi connectivity index (χ3v) is 17.9. The molecule has 2 fully saturated rings. The number of benzene rings is 6. The molecule has 5 N–H and O–H groups in total. The molecule has 2 aliphatic rings. The zero-order valence-electron chi connectivity index (χ0n) is 44.2. The van der Waals surface area contributed by atoms with E-state index in [1.54, 1.807) is 104 Å². The van der Waals surface area contributed by atoms with Gasteiger partial charge < -0.3 is 30.5 Å². The minimum atomic E-state index is -3.35. The molecule has 79 heavy (non-hydrogen) atoms. The molecule has 0 radical (unpaired) electrons. The molecule has 2 unspecified atom stereocenters. The summed E-state index contributed by atoms with van der Waals surface area (Å²) >= 11 is 13.1. The Morgan fingerprint density at radius 2 is 1.05 bits per heavy atom. The topological polar surface area (TPSA) is 199 Å². The smallest absolute Gasteiger partial charge is 0.387 e. The first kappa shape index (κ1) is 57.2. The molecule has 0 aliphatic heterocycles. The quantitative estimate of drug-likeness (QED) is 0.0502. The van der Waals surface area contributed by atoms with E-state index in [1.807, 2.05) is 12.1 Å². The van der Waals surface area contributed by atoms with E-state index in [4.69, 9.17) is 45.0 Å². The third kappa shape index (κ3) is 14.8. The van der Waals surface area contributed by atoms with E-state index < -0.39 is 32.9 Å². The number of amides is 1. The summed E-state index contributed by atoms with van der Waals surface area (Å²) in [6, 6.07) is 33.4. The van der Waals surface area contributed by atoms with Gasteiger partial charge in [-0.2, -0.15) is 17.6 Å². The van der Waals surface area contributed by atoms with Crippen molar-refractivity contribution in [3.05, 3.63) is 154 Å². The molecule has 2 aliphatic carbocycles. The number of imidazole rings is 2. The van der Waals surface area contributed by atoms with Gasteiger partial charge in [0.1, 0.15) is 23.1 Å². The lowest BCUT2D eigenvalue weighted by molar-refractivity contribution is -0.119.